The number of carbonyl (C=O) groups excluding carboxylic acids is 1. The van der Waals surface area contributed by atoms with Crippen molar-refractivity contribution in [1.82, 2.24) is 4.98 Å². The summed E-state index contributed by atoms with van der Waals surface area (Å²) < 4.78 is 18.7. The van der Waals surface area contributed by atoms with Gasteiger partial charge in [0.15, 0.2) is 5.43 Å². The number of halogens is 2. The van der Waals surface area contributed by atoms with Gasteiger partial charge in [0, 0.05) is 22.5 Å². The molecule has 3 rings (SSSR count). The Morgan fingerprint density at radius 2 is 1.96 bits per heavy atom. The van der Waals surface area contributed by atoms with Crippen LogP contribution in [-0.2, 0) is 11.3 Å². The van der Waals surface area contributed by atoms with Crippen LogP contribution >= 0.6 is 11.6 Å². The zero-order chi connectivity index (χ0) is 16.4. The van der Waals surface area contributed by atoms with Gasteiger partial charge in [0.1, 0.15) is 18.1 Å². The Bertz CT molecular complexity index is 932. The van der Waals surface area contributed by atoms with Crippen molar-refractivity contribution in [3.63, 3.8) is 0 Å². The Morgan fingerprint density at radius 1 is 1.17 bits per heavy atom. The maximum Gasteiger partial charge on any atom is 0.355 e. The van der Waals surface area contributed by atoms with Gasteiger partial charge < -0.3 is 9.72 Å². The van der Waals surface area contributed by atoms with Gasteiger partial charge in [-0.25, -0.2) is 9.18 Å². The lowest BCUT2D eigenvalue weighted by molar-refractivity contribution is 0.0462. The van der Waals surface area contributed by atoms with Crippen molar-refractivity contribution in [2.45, 2.75) is 6.61 Å². The molecule has 0 unspecified atom stereocenters. The minimum Gasteiger partial charge on any atom is -0.456 e. The van der Waals surface area contributed by atoms with E-state index in [1.807, 2.05) is 0 Å². The molecule has 1 heterocycles. The third-order valence-electron chi connectivity index (χ3n) is 3.37. The largest absolute Gasteiger partial charge is 0.456 e. The molecule has 23 heavy (non-hydrogen) atoms. The lowest BCUT2D eigenvalue weighted by Crippen LogP contribution is -2.13. The maximum atomic E-state index is 13.6. The summed E-state index contributed by atoms with van der Waals surface area (Å²) in [5.41, 5.74) is 0.318. The molecule has 0 saturated carbocycles. The number of para-hydroxylation sites is 1. The van der Waals surface area contributed by atoms with E-state index in [9.17, 15) is 14.0 Å². The third-order valence-corrected chi connectivity index (χ3v) is 3.72. The Kier molecular flexibility index (Phi) is 4.12. The summed E-state index contributed by atoms with van der Waals surface area (Å²) in [6.07, 6.45) is 0. The van der Waals surface area contributed by atoms with Gasteiger partial charge in [-0.05, 0) is 24.3 Å². The molecule has 0 spiro atoms. The molecule has 0 amide bonds. The second-order valence-corrected chi connectivity index (χ2v) is 5.28. The number of rotatable bonds is 3. The molecule has 0 aliphatic rings. The number of fused-ring (bicyclic) bond motifs is 1. The number of ether oxygens (including phenoxy) is 1. The fourth-order valence-electron chi connectivity index (χ4n) is 2.19. The molecule has 0 aliphatic carbocycles. The van der Waals surface area contributed by atoms with E-state index in [0.717, 1.165) is 6.07 Å². The summed E-state index contributed by atoms with van der Waals surface area (Å²) in [6, 6.07) is 12.2. The van der Waals surface area contributed by atoms with Crippen LogP contribution in [0.15, 0.2) is 53.3 Å². The van der Waals surface area contributed by atoms with Crippen molar-refractivity contribution in [2.24, 2.45) is 0 Å². The van der Waals surface area contributed by atoms with Gasteiger partial charge in [0.25, 0.3) is 0 Å². The number of hydrogen-bond acceptors (Lipinski definition) is 3. The normalized spacial score (nSPS) is 10.7. The Labute approximate surface area is 135 Å². The summed E-state index contributed by atoms with van der Waals surface area (Å²) in [7, 11) is 0. The minimum absolute atomic E-state index is 0.00108. The second-order valence-electron chi connectivity index (χ2n) is 4.87. The van der Waals surface area contributed by atoms with Gasteiger partial charge in [0.05, 0.1) is 5.02 Å². The first-order chi connectivity index (χ1) is 11.1. The van der Waals surface area contributed by atoms with E-state index < -0.39 is 11.8 Å². The van der Waals surface area contributed by atoms with Crippen LogP contribution in [0.25, 0.3) is 10.9 Å². The van der Waals surface area contributed by atoms with Gasteiger partial charge in [-0.3, -0.25) is 4.79 Å². The molecule has 116 valence electrons. The number of pyridine rings is 1. The highest BCUT2D eigenvalue weighted by Gasteiger charge is 2.14. The van der Waals surface area contributed by atoms with E-state index >= 15 is 0 Å². The number of carbonyl (C=O) groups is 1. The zero-order valence-corrected chi connectivity index (χ0v) is 12.6. The van der Waals surface area contributed by atoms with Crippen LogP contribution in [0, 0.1) is 5.82 Å². The molecule has 0 fully saturated rings. The van der Waals surface area contributed by atoms with Crippen molar-refractivity contribution in [3.05, 3.63) is 80.9 Å². The number of aromatic nitrogens is 1. The standard InChI is InChI=1S/C17H11ClFNO3/c18-12-5-3-6-13(19)11(12)9-23-17(22)15-8-16(21)10-4-1-2-7-14(10)20-15/h1-8H,9H2,(H,20,21). The van der Waals surface area contributed by atoms with Crippen LogP contribution in [0.3, 0.4) is 0 Å². The fourth-order valence-corrected chi connectivity index (χ4v) is 2.41. The highest BCUT2D eigenvalue weighted by Crippen LogP contribution is 2.20. The SMILES string of the molecule is O=C(OCc1c(F)cccc1Cl)c1cc(=O)c2ccccc2[nH]1. The van der Waals surface area contributed by atoms with Crippen LogP contribution in [-0.4, -0.2) is 11.0 Å². The minimum atomic E-state index is -0.757. The second kappa shape index (κ2) is 6.22. The molecule has 0 radical (unpaired) electrons. The number of nitrogens with one attached hydrogen (secondary N) is 1. The quantitative estimate of drug-likeness (QED) is 0.745. The van der Waals surface area contributed by atoms with Gasteiger partial charge in [-0.2, -0.15) is 0 Å². The molecule has 0 atom stereocenters. The van der Waals surface area contributed by atoms with Crippen LogP contribution < -0.4 is 5.43 Å². The molecule has 1 N–H and O–H groups in total. The van der Waals surface area contributed by atoms with E-state index in [1.54, 1.807) is 24.3 Å². The first kappa shape index (κ1) is 15.2. The number of hydrogen-bond donors (Lipinski definition) is 1. The maximum absolute atomic E-state index is 13.6. The van der Waals surface area contributed by atoms with Gasteiger partial charge in [-0.1, -0.05) is 29.8 Å². The molecule has 2 aromatic carbocycles. The predicted octanol–water partition coefficient (Wildman–Crippen LogP) is 3.68. The molecule has 0 saturated heterocycles. The number of esters is 1. The van der Waals surface area contributed by atoms with E-state index in [0.29, 0.717) is 10.9 Å². The summed E-state index contributed by atoms with van der Waals surface area (Å²) in [5.74, 6) is -1.32. The Balaban J connectivity index is 1.85. The molecule has 1 aromatic heterocycles. The van der Waals surface area contributed by atoms with E-state index in [1.165, 1.54) is 18.2 Å². The van der Waals surface area contributed by atoms with Crippen LogP contribution in [0.4, 0.5) is 4.39 Å². The molecular weight excluding hydrogens is 321 g/mol. The molecule has 0 bridgehead atoms. The summed E-state index contributed by atoms with van der Waals surface area (Å²) in [5, 5.41) is 0.644. The summed E-state index contributed by atoms with van der Waals surface area (Å²) >= 11 is 5.87. The topological polar surface area (TPSA) is 59.2 Å². The smallest absolute Gasteiger partial charge is 0.355 e. The predicted molar refractivity (Wildman–Crippen MR) is 85.1 cm³/mol. The molecular formula is C17H11ClFNO3. The van der Waals surface area contributed by atoms with Crippen molar-refractivity contribution in [1.29, 1.82) is 0 Å². The lowest BCUT2D eigenvalue weighted by Gasteiger charge is -2.08. The zero-order valence-electron chi connectivity index (χ0n) is 11.8. The first-order valence-corrected chi connectivity index (χ1v) is 7.16. The third kappa shape index (κ3) is 3.10. The number of benzene rings is 2. The molecule has 0 aliphatic heterocycles. The van der Waals surface area contributed by atoms with Crippen LogP contribution in [0.1, 0.15) is 16.1 Å². The fraction of sp³-hybridized carbons (Fsp3) is 0.0588. The highest BCUT2D eigenvalue weighted by atomic mass is 35.5. The van der Waals surface area contributed by atoms with E-state index in [-0.39, 0.29) is 28.3 Å². The first-order valence-electron chi connectivity index (χ1n) is 6.78. The van der Waals surface area contributed by atoms with Crippen molar-refractivity contribution in [3.8, 4) is 0 Å². The van der Waals surface area contributed by atoms with Gasteiger partial charge >= 0.3 is 5.97 Å². The van der Waals surface area contributed by atoms with E-state index in [4.69, 9.17) is 16.3 Å². The van der Waals surface area contributed by atoms with E-state index in [2.05, 4.69) is 4.98 Å². The number of aromatic amines is 1. The van der Waals surface area contributed by atoms with Gasteiger partial charge in [-0.15, -0.1) is 0 Å². The monoisotopic (exact) mass is 331 g/mol. The van der Waals surface area contributed by atoms with Crippen molar-refractivity contribution >= 4 is 28.5 Å². The van der Waals surface area contributed by atoms with Crippen molar-refractivity contribution in [2.75, 3.05) is 0 Å². The van der Waals surface area contributed by atoms with Crippen LogP contribution in [0.2, 0.25) is 5.02 Å². The molecule has 3 aromatic rings. The average Bonchev–Trinajstić information content (AvgIpc) is 2.54. The molecule has 4 nitrogen and oxygen atoms in total. The Hall–Kier alpha value is -2.66. The Morgan fingerprint density at radius 3 is 2.74 bits per heavy atom. The summed E-state index contributed by atoms with van der Waals surface area (Å²) in [6.45, 7) is -0.320. The molecule has 6 heteroatoms. The average molecular weight is 332 g/mol. The highest BCUT2D eigenvalue weighted by molar-refractivity contribution is 6.31. The lowest BCUT2D eigenvalue weighted by atomic mass is 10.2. The van der Waals surface area contributed by atoms with Gasteiger partial charge in [0.2, 0.25) is 0 Å². The summed E-state index contributed by atoms with van der Waals surface area (Å²) in [4.78, 5) is 26.9. The number of H-pyrrole nitrogens is 1. The van der Waals surface area contributed by atoms with Crippen LogP contribution in [0.5, 0.6) is 0 Å². The van der Waals surface area contributed by atoms with Crippen molar-refractivity contribution < 1.29 is 13.9 Å².